The lowest BCUT2D eigenvalue weighted by atomic mass is 10.0. The number of rotatable bonds is 7. The zero-order chi connectivity index (χ0) is 22.2. The van der Waals surface area contributed by atoms with Gasteiger partial charge < -0.3 is 14.8 Å². The molecule has 0 aliphatic heterocycles. The van der Waals surface area contributed by atoms with Crippen LogP contribution in [0.25, 0.3) is 6.08 Å². The molecule has 1 aromatic heterocycles. The normalized spacial score (nSPS) is 10.8. The number of amides is 1. The van der Waals surface area contributed by atoms with Crippen molar-refractivity contribution in [3.05, 3.63) is 88.8 Å². The average Bonchev–Trinajstić information content (AvgIpc) is 2.78. The highest BCUT2D eigenvalue weighted by molar-refractivity contribution is 6.09. The molecule has 1 amide bonds. The van der Waals surface area contributed by atoms with E-state index in [1.807, 2.05) is 50.2 Å². The molecule has 0 saturated heterocycles. The minimum Gasteiger partial charge on any atom is -0.497 e. The SMILES string of the molecule is COc1ccc(NC(=O)/C(C#N)=C/c2cc(C)c(OCc3ccccn3)c(C)c2)cc1. The average molecular weight is 413 g/mol. The highest BCUT2D eigenvalue weighted by Gasteiger charge is 2.12. The molecular weight excluding hydrogens is 390 g/mol. The van der Waals surface area contributed by atoms with Crippen LogP contribution in [0.15, 0.2) is 66.4 Å². The summed E-state index contributed by atoms with van der Waals surface area (Å²) in [6.45, 7) is 4.23. The Morgan fingerprint density at radius 1 is 1.13 bits per heavy atom. The molecule has 6 heteroatoms. The summed E-state index contributed by atoms with van der Waals surface area (Å²) in [7, 11) is 1.57. The van der Waals surface area contributed by atoms with Gasteiger partial charge >= 0.3 is 0 Å². The molecule has 1 heterocycles. The first kappa shape index (κ1) is 21.6. The van der Waals surface area contributed by atoms with Crippen molar-refractivity contribution >= 4 is 17.7 Å². The zero-order valence-corrected chi connectivity index (χ0v) is 17.7. The van der Waals surface area contributed by atoms with Crippen molar-refractivity contribution in [3.8, 4) is 17.6 Å². The summed E-state index contributed by atoms with van der Waals surface area (Å²) < 4.78 is 11.1. The van der Waals surface area contributed by atoms with Crippen LogP contribution in [-0.4, -0.2) is 18.0 Å². The number of aryl methyl sites for hydroxylation is 2. The maximum absolute atomic E-state index is 12.5. The van der Waals surface area contributed by atoms with Crippen molar-refractivity contribution in [1.29, 1.82) is 5.26 Å². The van der Waals surface area contributed by atoms with Gasteiger partial charge in [0.25, 0.3) is 5.91 Å². The Hall–Kier alpha value is -4.11. The van der Waals surface area contributed by atoms with Crippen molar-refractivity contribution in [1.82, 2.24) is 4.98 Å². The Morgan fingerprint density at radius 3 is 2.42 bits per heavy atom. The lowest BCUT2D eigenvalue weighted by Crippen LogP contribution is -2.13. The summed E-state index contributed by atoms with van der Waals surface area (Å²) in [6.07, 6.45) is 3.30. The minimum atomic E-state index is -0.474. The molecule has 0 atom stereocenters. The molecule has 0 saturated carbocycles. The first-order valence-corrected chi connectivity index (χ1v) is 9.71. The van der Waals surface area contributed by atoms with E-state index in [1.165, 1.54) is 0 Å². The van der Waals surface area contributed by atoms with Gasteiger partial charge in [-0.2, -0.15) is 5.26 Å². The van der Waals surface area contributed by atoms with E-state index in [0.29, 0.717) is 18.0 Å². The quantitative estimate of drug-likeness (QED) is 0.443. The highest BCUT2D eigenvalue weighted by atomic mass is 16.5. The van der Waals surface area contributed by atoms with Gasteiger partial charge in [-0.1, -0.05) is 6.07 Å². The Labute approximate surface area is 181 Å². The molecule has 0 aliphatic carbocycles. The Morgan fingerprint density at radius 2 is 1.84 bits per heavy atom. The van der Waals surface area contributed by atoms with Gasteiger partial charge in [0.15, 0.2) is 0 Å². The first-order valence-electron chi connectivity index (χ1n) is 9.71. The number of hydrogen-bond donors (Lipinski definition) is 1. The van der Waals surface area contributed by atoms with Gasteiger partial charge in [0, 0.05) is 11.9 Å². The number of nitrogens with one attached hydrogen (secondary N) is 1. The predicted molar refractivity (Wildman–Crippen MR) is 120 cm³/mol. The summed E-state index contributed by atoms with van der Waals surface area (Å²) in [5, 5.41) is 12.2. The molecular formula is C25H23N3O3. The summed E-state index contributed by atoms with van der Waals surface area (Å²) >= 11 is 0. The molecule has 0 unspecified atom stereocenters. The Balaban J connectivity index is 1.75. The summed E-state index contributed by atoms with van der Waals surface area (Å²) in [6, 6.07) is 18.3. The van der Waals surface area contributed by atoms with Crippen molar-refractivity contribution in [2.75, 3.05) is 12.4 Å². The topological polar surface area (TPSA) is 84.2 Å². The summed E-state index contributed by atoms with van der Waals surface area (Å²) in [5.41, 5.74) is 4.01. The molecule has 0 radical (unpaired) electrons. The lowest BCUT2D eigenvalue weighted by Gasteiger charge is -2.13. The van der Waals surface area contributed by atoms with Crippen LogP contribution in [0.2, 0.25) is 0 Å². The fourth-order valence-electron chi connectivity index (χ4n) is 3.11. The van der Waals surface area contributed by atoms with E-state index in [0.717, 1.165) is 28.1 Å². The van der Waals surface area contributed by atoms with Crippen LogP contribution in [0.3, 0.4) is 0 Å². The first-order chi connectivity index (χ1) is 15.0. The Kier molecular flexibility index (Phi) is 7.02. The lowest BCUT2D eigenvalue weighted by molar-refractivity contribution is -0.112. The molecule has 0 aliphatic rings. The number of methoxy groups -OCH3 is 1. The monoisotopic (exact) mass is 413 g/mol. The standard InChI is InChI=1S/C25H23N3O3/c1-17-12-19(13-18(2)24(17)31-16-22-6-4-5-11-27-22)14-20(15-26)25(29)28-21-7-9-23(30-3)10-8-21/h4-14H,16H2,1-3H3,(H,28,29)/b20-14+. The number of nitrogens with zero attached hydrogens (tertiary/aromatic N) is 2. The molecule has 156 valence electrons. The maximum Gasteiger partial charge on any atom is 0.266 e. The van der Waals surface area contributed by atoms with Gasteiger partial charge in [-0.15, -0.1) is 0 Å². The van der Waals surface area contributed by atoms with E-state index in [1.54, 1.807) is 43.6 Å². The van der Waals surface area contributed by atoms with Crippen LogP contribution >= 0.6 is 0 Å². The van der Waals surface area contributed by atoms with E-state index >= 15 is 0 Å². The van der Waals surface area contributed by atoms with Gasteiger partial charge in [-0.05, 0) is 85.1 Å². The third-order valence-electron chi connectivity index (χ3n) is 4.60. The van der Waals surface area contributed by atoms with Crippen molar-refractivity contribution in [2.24, 2.45) is 0 Å². The van der Waals surface area contributed by atoms with Gasteiger partial charge in [0.05, 0.1) is 12.8 Å². The fraction of sp³-hybridized carbons (Fsp3) is 0.160. The van der Waals surface area contributed by atoms with E-state index in [-0.39, 0.29) is 5.57 Å². The van der Waals surface area contributed by atoms with Crippen molar-refractivity contribution in [3.63, 3.8) is 0 Å². The smallest absolute Gasteiger partial charge is 0.266 e. The van der Waals surface area contributed by atoms with Crippen molar-refractivity contribution < 1.29 is 14.3 Å². The number of ether oxygens (including phenoxy) is 2. The molecule has 0 bridgehead atoms. The van der Waals surface area contributed by atoms with Gasteiger partial charge in [-0.25, -0.2) is 0 Å². The molecule has 1 N–H and O–H groups in total. The predicted octanol–water partition coefficient (Wildman–Crippen LogP) is 4.83. The minimum absolute atomic E-state index is 0.0109. The van der Waals surface area contributed by atoms with Crippen LogP contribution in [-0.2, 0) is 11.4 Å². The summed E-state index contributed by atoms with van der Waals surface area (Å²) in [5.74, 6) is 0.979. The van der Waals surface area contributed by atoms with Gasteiger partial charge in [0.2, 0.25) is 0 Å². The molecule has 2 aromatic carbocycles. The number of anilines is 1. The molecule has 0 fully saturated rings. The van der Waals surface area contributed by atoms with E-state index < -0.39 is 5.91 Å². The van der Waals surface area contributed by atoms with Gasteiger partial charge in [-0.3, -0.25) is 9.78 Å². The molecule has 0 spiro atoms. The second kappa shape index (κ2) is 10.1. The fourth-order valence-corrected chi connectivity index (χ4v) is 3.11. The summed E-state index contributed by atoms with van der Waals surface area (Å²) in [4.78, 5) is 16.8. The number of pyridine rings is 1. The number of hydrogen-bond acceptors (Lipinski definition) is 5. The van der Waals surface area contributed by atoms with Crippen LogP contribution in [0.4, 0.5) is 5.69 Å². The van der Waals surface area contributed by atoms with E-state index in [4.69, 9.17) is 9.47 Å². The number of benzene rings is 2. The van der Waals surface area contributed by atoms with Crippen LogP contribution in [0.1, 0.15) is 22.4 Å². The molecule has 31 heavy (non-hydrogen) atoms. The van der Waals surface area contributed by atoms with Crippen LogP contribution in [0.5, 0.6) is 11.5 Å². The van der Waals surface area contributed by atoms with Crippen LogP contribution < -0.4 is 14.8 Å². The van der Waals surface area contributed by atoms with E-state index in [2.05, 4.69) is 10.3 Å². The largest absolute Gasteiger partial charge is 0.497 e. The second-order valence-corrected chi connectivity index (χ2v) is 6.95. The number of nitriles is 1. The number of carbonyl (C=O) groups is 1. The number of aromatic nitrogens is 1. The molecule has 3 rings (SSSR count). The van der Waals surface area contributed by atoms with Crippen LogP contribution in [0, 0.1) is 25.2 Å². The third-order valence-corrected chi connectivity index (χ3v) is 4.60. The molecule has 3 aromatic rings. The maximum atomic E-state index is 12.5. The second-order valence-electron chi connectivity index (χ2n) is 6.95. The highest BCUT2D eigenvalue weighted by Crippen LogP contribution is 2.27. The van der Waals surface area contributed by atoms with Gasteiger partial charge in [0.1, 0.15) is 29.7 Å². The number of carbonyl (C=O) groups excluding carboxylic acids is 1. The van der Waals surface area contributed by atoms with Crippen molar-refractivity contribution in [2.45, 2.75) is 20.5 Å². The van der Waals surface area contributed by atoms with E-state index in [9.17, 15) is 10.1 Å². The zero-order valence-electron chi connectivity index (χ0n) is 17.7. The third kappa shape index (κ3) is 5.71. The Bertz CT molecular complexity index is 1110. The molecule has 6 nitrogen and oxygen atoms in total.